The number of aliphatic hydroxyl groups is 1. The van der Waals surface area contributed by atoms with Crippen LogP contribution < -0.4 is 4.74 Å². The van der Waals surface area contributed by atoms with E-state index in [2.05, 4.69) is 22.3 Å². The molecule has 0 aliphatic carbocycles. The Bertz CT molecular complexity index is 1140. The fourth-order valence-electron chi connectivity index (χ4n) is 3.26. The first-order chi connectivity index (χ1) is 14.4. The molecule has 0 fully saturated rings. The summed E-state index contributed by atoms with van der Waals surface area (Å²) < 4.78 is 10.9. The molecule has 0 saturated heterocycles. The Balaban J connectivity index is 2.05. The minimum absolute atomic E-state index is 0.225. The number of ether oxygens (including phenoxy) is 1. The molecule has 152 valence electrons. The molecule has 1 aromatic heterocycles. The summed E-state index contributed by atoms with van der Waals surface area (Å²) in [7, 11) is 1.55. The molecule has 1 N–H and O–H groups in total. The van der Waals surface area contributed by atoms with Crippen LogP contribution in [0.1, 0.15) is 46.0 Å². The zero-order valence-corrected chi connectivity index (χ0v) is 17.8. The molecule has 0 aliphatic rings. The number of rotatable bonds is 7. The predicted molar refractivity (Wildman–Crippen MR) is 118 cm³/mol. The summed E-state index contributed by atoms with van der Waals surface area (Å²) >= 11 is 5.02. The van der Waals surface area contributed by atoms with Crippen molar-refractivity contribution in [3.05, 3.63) is 82.1 Å². The van der Waals surface area contributed by atoms with Gasteiger partial charge < -0.3 is 14.3 Å². The normalized spacial score (nSPS) is 11.2. The van der Waals surface area contributed by atoms with Crippen LogP contribution in [0.5, 0.6) is 5.75 Å². The van der Waals surface area contributed by atoms with Crippen molar-refractivity contribution in [1.82, 2.24) is 10.2 Å². The van der Waals surface area contributed by atoms with Crippen LogP contribution in [-0.2, 0) is 6.42 Å². The van der Waals surface area contributed by atoms with E-state index in [-0.39, 0.29) is 5.05 Å². The van der Waals surface area contributed by atoms with Gasteiger partial charge in [-0.2, -0.15) is 5.26 Å². The Labute approximate surface area is 180 Å². The lowest BCUT2D eigenvalue weighted by molar-refractivity contribution is 0.409. The number of methoxy groups -OCH3 is 1. The van der Waals surface area contributed by atoms with Crippen LogP contribution in [-0.4, -0.2) is 27.5 Å². The first kappa shape index (κ1) is 21.2. The van der Waals surface area contributed by atoms with Crippen molar-refractivity contribution in [1.29, 1.82) is 5.26 Å². The Morgan fingerprint density at radius 1 is 1.20 bits per heavy atom. The van der Waals surface area contributed by atoms with Gasteiger partial charge in [0.2, 0.25) is 11.8 Å². The molecule has 0 bridgehead atoms. The van der Waals surface area contributed by atoms with Gasteiger partial charge in [0.15, 0.2) is 5.05 Å². The predicted octanol–water partition coefficient (Wildman–Crippen LogP) is 4.86. The average Bonchev–Trinajstić information content (AvgIpc) is 3.15. The first-order valence-electron chi connectivity index (χ1n) is 9.35. The molecule has 6 nitrogen and oxygen atoms in total. The number of allylic oxidation sites excluding steroid dienone is 1. The molecule has 0 atom stereocenters. The van der Waals surface area contributed by atoms with Gasteiger partial charge in [0.25, 0.3) is 0 Å². The molecule has 7 heteroatoms. The molecule has 0 aliphatic heterocycles. The molecular weight excluding hydrogens is 398 g/mol. The Morgan fingerprint density at radius 3 is 2.50 bits per heavy atom. The van der Waals surface area contributed by atoms with Crippen molar-refractivity contribution in [2.45, 2.75) is 26.7 Å². The first-order valence-corrected chi connectivity index (χ1v) is 9.75. The molecule has 3 aromatic rings. The van der Waals surface area contributed by atoms with E-state index in [0.717, 1.165) is 22.3 Å². The second kappa shape index (κ2) is 9.33. The molecule has 0 radical (unpaired) electrons. The van der Waals surface area contributed by atoms with Crippen LogP contribution in [0.4, 0.5) is 0 Å². The van der Waals surface area contributed by atoms with E-state index in [9.17, 15) is 5.11 Å². The number of aryl methyl sites for hydroxylation is 3. The van der Waals surface area contributed by atoms with Crippen LogP contribution in [0.25, 0.3) is 5.57 Å². The smallest absolute Gasteiger partial charge is 0.216 e. The third-order valence-electron chi connectivity index (χ3n) is 4.62. The zero-order valence-electron chi connectivity index (χ0n) is 17.0. The number of hydrogen-bond acceptors (Lipinski definition) is 6. The average molecular weight is 420 g/mol. The number of benzene rings is 2. The van der Waals surface area contributed by atoms with E-state index in [1.807, 2.05) is 31.2 Å². The van der Waals surface area contributed by atoms with Crippen LogP contribution in [0, 0.1) is 25.2 Å². The van der Waals surface area contributed by atoms with Crippen molar-refractivity contribution in [2.75, 3.05) is 7.11 Å². The third-order valence-corrected chi connectivity index (χ3v) is 4.84. The van der Waals surface area contributed by atoms with Gasteiger partial charge >= 0.3 is 0 Å². The summed E-state index contributed by atoms with van der Waals surface area (Å²) in [4.78, 5) is 0. The summed E-state index contributed by atoms with van der Waals surface area (Å²) in [6, 6.07) is 13.3. The summed E-state index contributed by atoms with van der Waals surface area (Å²) in [5.74, 6) is 1.66. The van der Waals surface area contributed by atoms with Crippen molar-refractivity contribution in [2.24, 2.45) is 0 Å². The van der Waals surface area contributed by atoms with Gasteiger partial charge in [-0.3, -0.25) is 0 Å². The number of aliphatic hydroxyl groups excluding tert-OH is 1. The van der Waals surface area contributed by atoms with E-state index in [1.54, 1.807) is 26.2 Å². The van der Waals surface area contributed by atoms with Crippen LogP contribution >= 0.6 is 12.2 Å². The molecule has 0 spiro atoms. The second-order valence-corrected chi connectivity index (χ2v) is 7.13. The van der Waals surface area contributed by atoms with Gasteiger partial charge in [-0.05, 0) is 72.1 Å². The Morgan fingerprint density at radius 2 is 1.93 bits per heavy atom. The fraction of sp³-hybridized carbons (Fsp3) is 0.217. The zero-order chi connectivity index (χ0) is 21.7. The Hall–Kier alpha value is -3.50. The highest BCUT2D eigenvalue weighted by molar-refractivity contribution is 7.80. The number of nitrogens with zero attached hydrogens (tertiary/aromatic N) is 3. The second-order valence-electron chi connectivity index (χ2n) is 6.74. The largest absolute Gasteiger partial charge is 0.498 e. The Kier molecular flexibility index (Phi) is 6.60. The molecule has 2 aromatic carbocycles. The van der Waals surface area contributed by atoms with Crippen molar-refractivity contribution >= 4 is 22.8 Å². The highest BCUT2D eigenvalue weighted by Gasteiger charge is 2.15. The van der Waals surface area contributed by atoms with E-state index in [1.165, 1.54) is 0 Å². The van der Waals surface area contributed by atoms with Gasteiger partial charge in [0.05, 0.1) is 24.3 Å². The third kappa shape index (κ3) is 4.73. The maximum absolute atomic E-state index is 10.0. The summed E-state index contributed by atoms with van der Waals surface area (Å²) in [5, 5.41) is 26.8. The van der Waals surface area contributed by atoms with E-state index in [4.69, 9.17) is 26.6 Å². The number of aromatic nitrogens is 2. The number of hydrogen-bond donors (Lipinski definition) is 1. The van der Waals surface area contributed by atoms with Crippen LogP contribution in [0.15, 0.2) is 46.9 Å². The lowest BCUT2D eigenvalue weighted by Gasteiger charge is -2.15. The SMILES string of the molecule is COc1c(C)cc(C(=CCCc2nnc(C)o2)c2ccc(C#N)cc2)cc1C(O)=S. The fourth-order valence-corrected chi connectivity index (χ4v) is 3.42. The number of nitriles is 1. The monoisotopic (exact) mass is 419 g/mol. The van der Waals surface area contributed by atoms with E-state index < -0.39 is 0 Å². The molecule has 0 unspecified atom stereocenters. The standard InChI is InChI=1S/C23H21N3O3S/c1-14-11-18(12-20(23(27)30)22(14)28-3)19(17-9-7-16(13-24)8-10-17)5-4-6-21-26-25-15(2)29-21/h5,7-12H,4,6H2,1-3H3,(H,27,30). The summed E-state index contributed by atoms with van der Waals surface area (Å²) in [5.41, 5.74) is 4.67. The van der Waals surface area contributed by atoms with E-state index >= 15 is 0 Å². The quantitative estimate of drug-likeness (QED) is 0.546. The van der Waals surface area contributed by atoms with E-state index in [0.29, 0.717) is 41.5 Å². The van der Waals surface area contributed by atoms with Crippen molar-refractivity contribution in [3.8, 4) is 11.8 Å². The van der Waals surface area contributed by atoms with Gasteiger partial charge in [-0.15, -0.1) is 10.2 Å². The molecule has 0 amide bonds. The van der Waals surface area contributed by atoms with Crippen LogP contribution in [0.2, 0.25) is 0 Å². The van der Waals surface area contributed by atoms with Gasteiger partial charge in [0, 0.05) is 13.3 Å². The molecular formula is C23H21N3O3S. The molecule has 30 heavy (non-hydrogen) atoms. The van der Waals surface area contributed by atoms with Gasteiger partial charge in [0.1, 0.15) is 5.75 Å². The van der Waals surface area contributed by atoms with Crippen molar-refractivity contribution < 1.29 is 14.3 Å². The molecule has 0 saturated carbocycles. The molecule has 3 rings (SSSR count). The maximum Gasteiger partial charge on any atom is 0.216 e. The van der Waals surface area contributed by atoms with Gasteiger partial charge in [-0.1, -0.05) is 18.2 Å². The molecule has 1 heterocycles. The number of thiocarbonyl (C=S) groups is 1. The lowest BCUT2D eigenvalue weighted by Crippen LogP contribution is -2.03. The summed E-state index contributed by atoms with van der Waals surface area (Å²) in [6.45, 7) is 3.66. The highest BCUT2D eigenvalue weighted by Crippen LogP contribution is 2.32. The van der Waals surface area contributed by atoms with Gasteiger partial charge in [-0.25, -0.2) is 0 Å². The maximum atomic E-state index is 10.0. The minimum Gasteiger partial charge on any atom is -0.498 e. The van der Waals surface area contributed by atoms with Crippen LogP contribution in [0.3, 0.4) is 0 Å². The highest BCUT2D eigenvalue weighted by atomic mass is 32.1. The topological polar surface area (TPSA) is 92.2 Å². The van der Waals surface area contributed by atoms with Crippen molar-refractivity contribution in [3.63, 3.8) is 0 Å². The summed E-state index contributed by atoms with van der Waals surface area (Å²) in [6.07, 6.45) is 3.34. The lowest BCUT2D eigenvalue weighted by atomic mass is 9.92. The minimum atomic E-state index is -0.225.